The van der Waals surface area contributed by atoms with Gasteiger partial charge in [0.25, 0.3) is 0 Å². The Kier molecular flexibility index (Phi) is 52.8. The first kappa shape index (κ1) is 83.9. The van der Waals surface area contributed by atoms with Crippen molar-refractivity contribution in [2.24, 2.45) is 0 Å². The second kappa shape index (κ2) is 56.0. The van der Waals surface area contributed by atoms with Crippen molar-refractivity contribution in [3.63, 3.8) is 0 Å². The van der Waals surface area contributed by atoms with Crippen molar-refractivity contribution in [2.75, 3.05) is 0 Å². The van der Waals surface area contributed by atoms with Gasteiger partial charge >= 0.3 is 48.9 Å². The normalized spacial score (nSPS) is 11.8. The van der Waals surface area contributed by atoms with Crippen LogP contribution in [-0.4, -0.2) is 74.8 Å². The molecular formula is C80H134BaO6S2. The molecule has 504 valence electrons. The minimum Gasteiger partial charge on any atom is -0.744 e. The third-order valence-electron chi connectivity index (χ3n) is 19.0. The molecule has 4 rings (SSSR count). The van der Waals surface area contributed by atoms with Gasteiger partial charge in [0.2, 0.25) is 0 Å². The van der Waals surface area contributed by atoms with Gasteiger partial charge in [0.1, 0.15) is 20.2 Å². The van der Waals surface area contributed by atoms with E-state index in [0.29, 0.717) is 10.8 Å². The number of aryl methyl sites for hydroxylation is 4. The Morgan fingerprint density at radius 1 is 0.236 bits per heavy atom. The van der Waals surface area contributed by atoms with Crippen LogP contribution in [0.15, 0.2) is 70.5 Å². The quantitative estimate of drug-likeness (QED) is 0.0247. The zero-order valence-electron chi connectivity index (χ0n) is 58.3. The van der Waals surface area contributed by atoms with E-state index in [-0.39, 0.29) is 58.7 Å². The molecule has 0 saturated heterocycles. The van der Waals surface area contributed by atoms with E-state index in [4.69, 9.17) is 0 Å². The number of unbranched alkanes of at least 4 members (excludes halogenated alkanes) is 48. The van der Waals surface area contributed by atoms with Crippen molar-refractivity contribution >= 4 is 90.7 Å². The van der Waals surface area contributed by atoms with E-state index in [2.05, 4.69) is 52.0 Å². The monoisotopic (exact) mass is 1390 g/mol. The van der Waals surface area contributed by atoms with Gasteiger partial charge in [-0.1, -0.05) is 372 Å². The molecule has 0 unspecified atom stereocenters. The third kappa shape index (κ3) is 41.4. The number of fused-ring (bicyclic) bond motifs is 2. The van der Waals surface area contributed by atoms with Gasteiger partial charge in [-0.05, 0) is 119 Å². The molecule has 0 atom stereocenters. The summed E-state index contributed by atoms with van der Waals surface area (Å²) in [7, 11) is -9.02. The molecule has 0 amide bonds. The Labute approximate surface area is 591 Å². The fourth-order valence-electron chi connectivity index (χ4n) is 13.4. The molecule has 0 spiro atoms. The van der Waals surface area contributed by atoms with E-state index >= 15 is 0 Å². The van der Waals surface area contributed by atoms with Crippen LogP contribution >= 0.6 is 0 Å². The molecule has 6 nitrogen and oxygen atoms in total. The van der Waals surface area contributed by atoms with Gasteiger partial charge in [-0.25, -0.2) is 16.8 Å². The predicted octanol–water partition coefficient (Wildman–Crippen LogP) is 25.6. The smallest absolute Gasteiger partial charge is 0.744 e. The van der Waals surface area contributed by atoms with Crippen LogP contribution in [0.4, 0.5) is 0 Å². The summed E-state index contributed by atoms with van der Waals surface area (Å²) in [4.78, 5) is -0.123. The van der Waals surface area contributed by atoms with Crippen molar-refractivity contribution in [3.05, 3.63) is 82.9 Å². The number of benzene rings is 4. The van der Waals surface area contributed by atoms with Crippen LogP contribution in [0.3, 0.4) is 0 Å². The molecule has 0 N–H and O–H groups in total. The summed E-state index contributed by atoms with van der Waals surface area (Å²) < 4.78 is 72.5. The molecule has 0 heterocycles. The summed E-state index contributed by atoms with van der Waals surface area (Å²) >= 11 is 0. The Hall–Kier alpha value is -1.21. The van der Waals surface area contributed by atoms with Gasteiger partial charge in [-0.2, -0.15) is 0 Å². The Morgan fingerprint density at radius 3 is 0.629 bits per heavy atom. The molecule has 89 heavy (non-hydrogen) atoms. The van der Waals surface area contributed by atoms with Crippen LogP contribution in [0.25, 0.3) is 21.5 Å². The van der Waals surface area contributed by atoms with Gasteiger partial charge in [0.15, 0.2) is 0 Å². The maximum atomic E-state index is 12.1. The summed E-state index contributed by atoms with van der Waals surface area (Å²) in [5.41, 5.74) is 4.62. The Balaban J connectivity index is 0.000000600. The maximum Gasteiger partial charge on any atom is 2.00 e. The SMILES string of the molecule is CCCCCCCCCCCCCCCc1ccc2c(CCCCCCCCCCCCCCC)ccc(S(=O)(=O)[O-])c2c1.CCCCCCCCCCCCCCCc1ccc2c(CCCCCCCCCCCCCCC)ccc(S(=O)(=O)[O-])c2c1.[Ba+2]. The van der Waals surface area contributed by atoms with Crippen molar-refractivity contribution in [2.45, 2.75) is 397 Å². The van der Waals surface area contributed by atoms with E-state index < -0.39 is 20.2 Å². The summed E-state index contributed by atoms with van der Waals surface area (Å²) in [6.07, 6.45) is 73.0. The van der Waals surface area contributed by atoms with Crippen molar-refractivity contribution < 1.29 is 25.9 Å². The van der Waals surface area contributed by atoms with Crippen molar-refractivity contribution in [3.8, 4) is 0 Å². The molecule has 0 aromatic heterocycles. The minimum absolute atomic E-state index is 0. The van der Waals surface area contributed by atoms with E-state index in [9.17, 15) is 25.9 Å². The molecule has 0 fully saturated rings. The van der Waals surface area contributed by atoms with E-state index in [1.807, 2.05) is 24.3 Å². The number of hydrogen-bond donors (Lipinski definition) is 0. The fraction of sp³-hybridized carbons (Fsp3) is 0.750. The van der Waals surface area contributed by atoms with E-state index in [1.165, 1.54) is 319 Å². The van der Waals surface area contributed by atoms with Gasteiger partial charge in [0.05, 0.1) is 9.79 Å². The summed E-state index contributed by atoms with van der Waals surface area (Å²) in [5, 5.41) is 3.13. The van der Waals surface area contributed by atoms with Gasteiger partial charge < -0.3 is 9.11 Å². The van der Waals surface area contributed by atoms with Crippen molar-refractivity contribution in [1.82, 2.24) is 0 Å². The average Bonchev–Trinajstić information content (AvgIpc) is 1.82. The molecule has 9 heteroatoms. The standard InChI is InChI=1S/2C40H68O3S.Ba/c2*1-3-5-7-9-11-13-15-17-19-21-23-25-27-29-36-31-33-38-37(32-34-40(39(38)35-36)44(41,42)43)30-28-26-24-22-20-18-16-14-12-10-8-6-4-2;/h2*31-35H,3-30H2,1-2H3,(H,41,42,43);/q;;+2/p-2. The Morgan fingerprint density at radius 2 is 0.427 bits per heavy atom. The molecule has 4 aromatic carbocycles. The topological polar surface area (TPSA) is 114 Å². The van der Waals surface area contributed by atoms with Crippen LogP contribution in [0.5, 0.6) is 0 Å². The molecule has 0 aliphatic carbocycles. The van der Waals surface area contributed by atoms with Crippen LogP contribution < -0.4 is 0 Å². The largest absolute Gasteiger partial charge is 2.00 e. The van der Waals surface area contributed by atoms with E-state index in [0.717, 1.165) is 73.3 Å². The molecular weight excluding hydrogens is 1260 g/mol. The number of rotatable bonds is 58. The van der Waals surface area contributed by atoms with Crippen LogP contribution in [0.1, 0.15) is 384 Å². The van der Waals surface area contributed by atoms with Crippen LogP contribution in [0.2, 0.25) is 0 Å². The number of hydrogen-bond acceptors (Lipinski definition) is 6. The van der Waals surface area contributed by atoms with Crippen LogP contribution in [0, 0.1) is 0 Å². The van der Waals surface area contributed by atoms with Gasteiger partial charge in [0, 0.05) is 0 Å². The summed E-state index contributed by atoms with van der Waals surface area (Å²) in [6, 6.07) is 19.3. The third-order valence-corrected chi connectivity index (χ3v) is 20.8. The van der Waals surface area contributed by atoms with Crippen molar-refractivity contribution in [1.29, 1.82) is 0 Å². The van der Waals surface area contributed by atoms with Gasteiger partial charge in [-0.3, -0.25) is 0 Å². The van der Waals surface area contributed by atoms with Gasteiger partial charge in [-0.15, -0.1) is 0 Å². The zero-order valence-corrected chi connectivity index (χ0v) is 64.4. The first-order valence-corrected chi connectivity index (χ1v) is 40.8. The second-order valence-electron chi connectivity index (χ2n) is 27.1. The summed E-state index contributed by atoms with van der Waals surface area (Å²) in [6.45, 7) is 9.10. The summed E-state index contributed by atoms with van der Waals surface area (Å²) in [5.74, 6) is 0. The Bertz CT molecular complexity index is 2370. The molecule has 0 aliphatic heterocycles. The molecule has 0 saturated carbocycles. The molecule has 0 radical (unpaired) electrons. The average molecular weight is 1390 g/mol. The predicted molar refractivity (Wildman–Crippen MR) is 387 cm³/mol. The second-order valence-corrected chi connectivity index (χ2v) is 29.8. The first-order valence-electron chi connectivity index (χ1n) is 37.9. The molecule has 4 aromatic rings. The zero-order chi connectivity index (χ0) is 63.4. The first-order chi connectivity index (χ1) is 42.9. The molecule has 0 aliphatic rings. The molecule has 0 bridgehead atoms. The minimum atomic E-state index is -4.51. The van der Waals surface area contributed by atoms with Crippen LogP contribution in [-0.2, 0) is 45.9 Å². The maximum absolute atomic E-state index is 12.1. The fourth-order valence-corrected chi connectivity index (χ4v) is 14.8. The van der Waals surface area contributed by atoms with E-state index in [1.54, 1.807) is 12.1 Å².